The number of hydrogen-bond donors (Lipinski definition) is 0. The van der Waals surface area contributed by atoms with Crippen LogP contribution in [0.1, 0.15) is 56.4 Å². The molecule has 0 N–H and O–H groups in total. The molecule has 1 fully saturated rings. The van der Waals surface area contributed by atoms with Crippen molar-refractivity contribution in [2.45, 2.75) is 58.4 Å². The largest absolute Gasteiger partial charge is 0.311 e. The summed E-state index contributed by atoms with van der Waals surface area (Å²) in [6.45, 7) is 7.41. The summed E-state index contributed by atoms with van der Waals surface area (Å²) in [5, 5.41) is 4.44. The quantitative estimate of drug-likeness (QED) is 0.796. The normalized spacial score (nSPS) is 24.6. The van der Waals surface area contributed by atoms with E-state index in [0.29, 0.717) is 0 Å². The third-order valence-corrected chi connectivity index (χ3v) is 5.05. The van der Waals surface area contributed by atoms with Gasteiger partial charge in [-0.05, 0) is 38.5 Å². The molecule has 4 nitrogen and oxygen atoms in total. The highest BCUT2D eigenvalue weighted by Gasteiger charge is 2.24. The highest BCUT2D eigenvalue weighted by atomic mass is 35.5. The first-order valence-corrected chi connectivity index (χ1v) is 8.44. The Labute approximate surface area is 131 Å². The topological polar surface area (TPSA) is 35.6 Å². The van der Waals surface area contributed by atoms with Crippen LogP contribution in [-0.2, 0) is 13.6 Å². The first-order chi connectivity index (χ1) is 9.97. The van der Waals surface area contributed by atoms with Crippen LogP contribution >= 0.6 is 11.6 Å². The molecule has 3 rings (SSSR count). The monoisotopic (exact) mass is 308 g/mol. The number of aromatic nitrogens is 4. The molecule has 0 amide bonds. The third-order valence-electron chi connectivity index (χ3n) is 4.85. The van der Waals surface area contributed by atoms with Gasteiger partial charge in [-0.25, -0.2) is 4.98 Å². The molecule has 1 atom stereocenters. The van der Waals surface area contributed by atoms with Gasteiger partial charge in [0.1, 0.15) is 11.3 Å². The van der Waals surface area contributed by atoms with E-state index in [2.05, 4.69) is 16.6 Å². The summed E-state index contributed by atoms with van der Waals surface area (Å²) < 4.78 is 4.26. The number of alkyl halides is 1. The summed E-state index contributed by atoms with van der Waals surface area (Å²) >= 11 is 6.37. The van der Waals surface area contributed by atoms with Crippen molar-refractivity contribution < 1.29 is 0 Å². The Hall–Kier alpha value is -1.03. The summed E-state index contributed by atoms with van der Waals surface area (Å²) in [5.74, 6) is 2.61. The average molecular weight is 309 g/mol. The van der Waals surface area contributed by atoms with Crippen LogP contribution in [0.4, 0.5) is 0 Å². The standard InChI is InChI=1S/C16H25ClN4/c1-10-5-7-13(8-6-10)9-21-15(11(2)17)18-14-12(3)19-20(4)16(14)21/h10-11,13H,5-9H2,1-4H3. The van der Waals surface area contributed by atoms with E-state index in [1.54, 1.807) is 0 Å². The summed E-state index contributed by atoms with van der Waals surface area (Å²) in [4.78, 5) is 4.76. The van der Waals surface area contributed by atoms with Crippen LogP contribution in [0.2, 0.25) is 0 Å². The van der Waals surface area contributed by atoms with Gasteiger partial charge < -0.3 is 4.57 Å². The van der Waals surface area contributed by atoms with Crippen LogP contribution in [0.25, 0.3) is 11.2 Å². The van der Waals surface area contributed by atoms with E-state index < -0.39 is 0 Å². The van der Waals surface area contributed by atoms with E-state index >= 15 is 0 Å². The van der Waals surface area contributed by atoms with Gasteiger partial charge in [-0.1, -0.05) is 19.8 Å². The van der Waals surface area contributed by atoms with Gasteiger partial charge in [-0.15, -0.1) is 11.6 Å². The highest BCUT2D eigenvalue weighted by molar-refractivity contribution is 6.20. The third kappa shape index (κ3) is 2.70. The Morgan fingerprint density at radius 2 is 1.95 bits per heavy atom. The number of fused-ring (bicyclic) bond motifs is 1. The molecule has 0 spiro atoms. The maximum Gasteiger partial charge on any atom is 0.158 e. The predicted molar refractivity (Wildman–Crippen MR) is 86.6 cm³/mol. The van der Waals surface area contributed by atoms with Gasteiger partial charge in [0.2, 0.25) is 0 Å². The van der Waals surface area contributed by atoms with Gasteiger partial charge in [0.15, 0.2) is 5.65 Å². The molecule has 0 aliphatic heterocycles. The SMILES string of the molecule is Cc1nn(C)c2c1nc(C(C)Cl)n2CC1CCC(C)CC1. The fourth-order valence-electron chi connectivity index (χ4n) is 3.61. The smallest absolute Gasteiger partial charge is 0.158 e. The molecular weight excluding hydrogens is 284 g/mol. The van der Waals surface area contributed by atoms with Gasteiger partial charge >= 0.3 is 0 Å². The molecule has 0 aromatic carbocycles. The molecule has 2 heterocycles. The zero-order valence-electron chi connectivity index (χ0n) is 13.4. The van der Waals surface area contributed by atoms with Crippen molar-refractivity contribution in [2.75, 3.05) is 0 Å². The molecule has 1 unspecified atom stereocenters. The van der Waals surface area contributed by atoms with E-state index in [1.165, 1.54) is 25.7 Å². The van der Waals surface area contributed by atoms with E-state index in [1.807, 2.05) is 25.6 Å². The average Bonchev–Trinajstić information content (AvgIpc) is 2.93. The lowest BCUT2D eigenvalue weighted by Crippen LogP contribution is -2.20. The van der Waals surface area contributed by atoms with Crippen molar-refractivity contribution in [3.05, 3.63) is 11.5 Å². The molecule has 1 aliphatic rings. The van der Waals surface area contributed by atoms with E-state index in [9.17, 15) is 0 Å². The van der Waals surface area contributed by atoms with Gasteiger partial charge in [-0.3, -0.25) is 4.68 Å². The molecule has 0 saturated heterocycles. The lowest BCUT2D eigenvalue weighted by atomic mass is 9.83. The lowest BCUT2D eigenvalue weighted by molar-refractivity contribution is 0.264. The number of halogens is 1. The number of imidazole rings is 1. The first kappa shape index (κ1) is 14.9. The van der Waals surface area contributed by atoms with Crippen LogP contribution < -0.4 is 0 Å². The molecule has 21 heavy (non-hydrogen) atoms. The molecule has 2 aromatic heterocycles. The minimum absolute atomic E-state index is 0.0701. The molecule has 0 bridgehead atoms. The Morgan fingerprint density at radius 1 is 1.29 bits per heavy atom. The molecule has 1 saturated carbocycles. The molecule has 0 radical (unpaired) electrons. The highest BCUT2D eigenvalue weighted by Crippen LogP contribution is 2.32. The Balaban J connectivity index is 1.97. The van der Waals surface area contributed by atoms with Crippen molar-refractivity contribution in [3.8, 4) is 0 Å². The molecule has 116 valence electrons. The Kier molecular flexibility index (Phi) is 4.00. The second-order valence-corrected chi connectivity index (χ2v) is 7.36. The molecular formula is C16H25ClN4. The molecule has 5 heteroatoms. The van der Waals surface area contributed by atoms with Gasteiger partial charge in [0.05, 0.1) is 11.1 Å². The van der Waals surface area contributed by atoms with Gasteiger partial charge in [0, 0.05) is 13.6 Å². The van der Waals surface area contributed by atoms with E-state index in [-0.39, 0.29) is 5.38 Å². The maximum absolute atomic E-state index is 6.37. The predicted octanol–water partition coefficient (Wildman–Crippen LogP) is 4.20. The van der Waals surface area contributed by atoms with E-state index in [0.717, 1.165) is 41.1 Å². The minimum atomic E-state index is -0.0701. The molecule has 1 aliphatic carbocycles. The fourth-order valence-corrected chi connectivity index (χ4v) is 3.77. The molecule has 2 aromatic rings. The Bertz CT molecular complexity index is 632. The zero-order chi connectivity index (χ0) is 15.1. The lowest BCUT2D eigenvalue weighted by Gasteiger charge is -2.27. The van der Waals surface area contributed by atoms with Crippen LogP contribution in [0, 0.1) is 18.8 Å². The number of nitrogens with zero attached hydrogens (tertiary/aromatic N) is 4. The van der Waals surface area contributed by atoms with Crippen molar-refractivity contribution in [1.82, 2.24) is 19.3 Å². The summed E-state index contributed by atoms with van der Waals surface area (Å²) in [5.41, 5.74) is 3.11. The van der Waals surface area contributed by atoms with Crippen LogP contribution in [0.5, 0.6) is 0 Å². The summed E-state index contributed by atoms with van der Waals surface area (Å²) in [6.07, 6.45) is 5.32. The maximum atomic E-state index is 6.37. The van der Waals surface area contributed by atoms with Crippen LogP contribution in [0.3, 0.4) is 0 Å². The van der Waals surface area contributed by atoms with Crippen molar-refractivity contribution in [3.63, 3.8) is 0 Å². The first-order valence-electron chi connectivity index (χ1n) is 8.01. The second kappa shape index (κ2) is 5.64. The van der Waals surface area contributed by atoms with Crippen molar-refractivity contribution in [1.29, 1.82) is 0 Å². The zero-order valence-corrected chi connectivity index (χ0v) is 14.2. The summed E-state index contributed by atoms with van der Waals surface area (Å²) in [6, 6.07) is 0. The van der Waals surface area contributed by atoms with Gasteiger partial charge in [0.25, 0.3) is 0 Å². The number of rotatable bonds is 3. The van der Waals surface area contributed by atoms with Crippen molar-refractivity contribution >= 4 is 22.8 Å². The minimum Gasteiger partial charge on any atom is -0.311 e. The second-order valence-electron chi connectivity index (χ2n) is 6.70. The summed E-state index contributed by atoms with van der Waals surface area (Å²) in [7, 11) is 2.00. The van der Waals surface area contributed by atoms with Crippen LogP contribution in [0.15, 0.2) is 0 Å². The Morgan fingerprint density at radius 3 is 2.57 bits per heavy atom. The number of hydrogen-bond acceptors (Lipinski definition) is 2. The van der Waals surface area contributed by atoms with Crippen LogP contribution in [-0.4, -0.2) is 19.3 Å². The van der Waals surface area contributed by atoms with E-state index in [4.69, 9.17) is 16.6 Å². The van der Waals surface area contributed by atoms with Crippen molar-refractivity contribution in [2.24, 2.45) is 18.9 Å². The van der Waals surface area contributed by atoms with Gasteiger partial charge in [-0.2, -0.15) is 5.10 Å². The fraction of sp³-hybridized carbons (Fsp3) is 0.750. The number of aryl methyl sites for hydroxylation is 2.